The first-order valence-corrected chi connectivity index (χ1v) is 6.76. The summed E-state index contributed by atoms with van der Waals surface area (Å²) < 4.78 is 4.34. The van der Waals surface area contributed by atoms with Gasteiger partial charge in [0.25, 0.3) is 0 Å². The first-order chi connectivity index (χ1) is 8.75. The fraction of sp³-hybridized carbons (Fsp3) is 0.250. The fourth-order valence-electron chi connectivity index (χ4n) is 2.11. The predicted octanol–water partition coefficient (Wildman–Crippen LogP) is 2.67. The molecule has 0 N–H and O–H groups in total. The van der Waals surface area contributed by atoms with Crippen molar-refractivity contribution in [3.63, 3.8) is 0 Å². The third kappa shape index (κ3) is 2.00. The topological polar surface area (TPSA) is 46.1 Å². The second-order valence-electron chi connectivity index (χ2n) is 4.10. The molecule has 92 valence electrons. The summed E-state index contributed by atoms with van der Waals surface area (Å²) in [4.78, 5) is 13.8. The van der Waals surface area contributed by atoms with Crippen LogP contribution < -0.4 is 4.90 Å². The van der Waals surface area contributed by atoms with E-state index >= 15 is 0 Å². The van der Waals surface area contributed by atoms with Crippen molar-refractivity contribution < 1.29 is 4.79 Å². The molecule has 1 aliphatic heterocycles. The van der Waals surface area contributed by atoms with Crippen molar-refractivity contribution in [2.24, 2.45) is 0 Å². The summed E-state index contributed by atoms with van der Waals surface area (Å²) in [5.74, 6) is 0.109. The van der Waals surface area contributed by atoms with E-state index in [2.05, 4.69) is 15.7 Å². The maximum Gasteiger partial charge on any atom is 0.227 e. The Morgan fingerprint density at radius 1 is 1.33 bits per heavy atom. The van der Waals surface area contributed by atoms with Gasteiger partial charge in [0.15, 0.2) is 0 Å². The van der Waals surface area contributed by atoms with Crippen LogP contribution in [0.25, 0.3) is 0 Å². The molecule has 1 amide bonds. The van der Waals surface area contributed by atoms with Crippen molar-refractivity contribution in [2.75, 3.05) is 4.90 Å². The van der Waals surface area contributed by atoms with E-state index in [1.165, 1.54) is 5.56 Å². The number of anilines is 1. The molecule has 18 heavy (non-hydrogen) atoms. The second kappa shape index (κ2) is 4.66. The fourth-order valence-corrected chi connectivity index (χ4v) is 2.72. The van der Waals surface area contributed by atoms with Crippen LogP contribution in [0.1, 0.15) is 17.7 Å². The number of benzene rings is 1. The van der Waals surface area contributed by atoms with E-state index in [-0.39, 0.29) is 5.91 Å². The summed E-state index contributed by atoms with van der Waals surface area (Å²) in [7, 11) is 0. The van der Waals surface area contributed by atoms with Crippen LogP contribution in [-0.4, -0.2) is 15.5 Å². The van der Waals surface area contributed by atoms with Gasteiger partial charge in [-0.1, -0.05) is 34.3 Å². The number of fused-ring (bicyclic) bond motifs is 1. The Morgan fingerprint density at radius 2 is 2.17 bits per heavy atom. The van der Waals surface area contributed by atoms with Crippen LogP contribution in [-0.2, 0) is 17.8 Å². The maximum atomic E-state index is 12.0. The number of carbonyl (C=O) groups is 1. The molecule has 0 spiro atoms. The van der Waals surface area contributed by atoms with Crippen LogP contribution in [0, 0.1) is 0 Å². The zero-order valence-corrected chi connectivity index (χ0v) is 11.0. The Labute approximate surface area is 113 Å². The van der Waals surface area contributed by atoms with E-state index < -0.39 is 0 Å². The van der Waals surface area contributed by atoms with Crippen LogP contribution in [0.2, 0.25) is 4.34 Å². The molecular weight excluding hydrogens is 270 g/mol. The largest absolute Gasteiger partial charge is 0.306 e. The van der Waals surface area contributed by atoms with Crippen molar-refractivity contribution in [1.82, 2.24) is 9.59 Å². The summed E-state index contributed by atoms with van der Waals surface area (Å²) in [6, 6.07) is 7.94. The summed E-state index contributed by atoms with van der Waals surface area (Å²) >= 11 is 7.13. The minimum Gasteiger partial charge on any atom is -0.306 e. The second-order valence-corrected chi connectivity index (χ2v) is 5.46. The van der Waals surface area contributed by atoms with Crippen LogP contribution in [0.15, 0.2) is 24.3 Å². The number of aryl methyl sites for hydroxylation is 1. The summed E-state index contributed by atoms with van der Waals surface area (Å²) in [5, 5.41) is 3.96. The lowest BCUT2D eigenvalue weighted by Crippen LogP contribution is -2.34. The van der Waals surface area contributed by atoms with Gasteiger partial charge in [-0.05, 0) is 18.1 Å². The number of hydrogen-bond donors (Lipinski definition) is 0. The van der Waals surface area contributed by atoms with Gasteiger partial charge in [-0.3, -0.25) is 4.79 Å². The number of aromatic nitrogens is 2. The van der Waals surface area contributed by atoms with E-state index in [9.17, 15) is 4.79 Å². The van der Waals surface area contributed by atoms with Crippen molar-refractivity contribution >= 4 is 34.7 Å². The zero-order valence-electron chi connectivity index (χ0n) is 9.47. The molecule has 0 unspecified atom stereocenters. The standard InChI is InChI=1S/C12H10ClN3OS/c13-12-9(14-15-18-12)7-16-10-4-2-1-3-8(10)5-6-11(16)17/h1-4H,5-7H2. The number of hydrogen-bond acceptors (Lipinski definition) is 4. The molecule has 0 bridgehead atoms. The average molecular weight is 280 g/mol. The monoisotopic (exact) mass is 279 g/mol. The van der Waals surface area contributed by atoms with Gasteiger partial charge in [0.05, 0.1) is 6.54 Å². The summed E-state index contributed by atoms with van der Waals surface area (Å²) in [6.07, 6.45) is 1.33. The van der Waals surface area contributed by atoms with E-state index in [4.69, 9.17) is 11.6 Å². The van der Waals surface area contributed by atoms with Gasteiger partial charge in [0.1, 0.15) is 10.0 Å². The Hall–Kier alpha value is -1.46. The van der Waals surface area contributed by atoms with Gasteiger partial charge < -0.3 is 4.90 Å². The highest BCUT2D eigenvalue weighted by atomic mass is 35.5. The normalized spacial score (nSPS) is 14.7. The highest BCUT2D eigenvalue weighted by Gasteiger charge is 2.25. The predicted molar refractivity (Wildman–Crippen MR) is 70.9 cm³/mol. The number of amides is 1. The molecule has 6 heteroatoms. The third-order valence-electron chi connectivity index (χ3n) is 3.01. The molecule has 2 heterocycles. The minimum atomic E-state index is 0.109. The number of rotatable bonds is 2. The van der Waals surface area contributed by atoms with Gasteiger partial charge >= 0.3 is 0 Å². The van der Waals surface area contributed by atoms with Crippen LogP contribution >= 0.6 is 23.1 Å². The third-order valence-corrected chi connectivity index (χ3v) is 3.99. The molecule has 0 radical (unpaired) electrons. The SMILES string of the molecule is O=C1CCc2ccccc2N1Cc1nnsc1Cl. The molecule has 0 fully saturated rings. The van der Waals surface area contributed by atoms with Crippen molar-refractivity contribution in [3.05, 3.63) is 39.9 Å². The molecule has 4 nitrogen and oxygen atoms in total. The van der Waals surface area contributed by atoms with E-state index in [0.29, 0.717) is 23.0 Å². The van der Waals surface area contributed by atoms with E-state index in [0.717, 1.165) is 23.6 Å². The average Bonchev–Trinajstić information content (AvgIpc) is 2.79. The molecule has 2 aromatic rings. The highest BCUT2D eigenvalue weighted by Crippen LogP contribution is 2.30. The molecular formula is C12H10ClN3OS. The molecule has 1 aromatic carbocycles. The molecule has 0 atom stereocenters. The Kier molecular flexibility index (Phi) is 3.01. The minimum absolute atomic E-state index is 0.109. The van der Waals surface area contributed by atoms with Crippen molar-refractivity contribution in [2.45, 2.75) is 19.4 Å². The Balaban J connectivity index is 1.96. The molecule has 1 aliphatic rings. The van der Waals surface area contributed by atoms with E-state index in [1.54, 1.807) is 4.90 Å². The molecule has 0 saturated heterocycles. The smallest absolute Gasteiger partial charge is 0.227 e. The molecule has 3 rings (SSSR count). The van der Waals surface area contributed by atoms with Gasteiger partial charge in [-0.25, -0.2) is 0 Å². The highest BCUT2D eigenvalue weighted by molar-refractivity contribution is 7.10. The summed E-state index contributed by atoms with van der Waals surface area (Å²) in [5.41, 5.74) is 2.81. The van der Waals surface area contributed by atoms with Crippen LogP contribution in [0.5, 0.6) is 0 Å². The van der Waals surface area contributed by atoms with Crippen LogP contribution in [0.3, 0.4) is 0 Å². The maximum absolute atomic E-state index is 12.0. The van der Waals surface area contributed by atoms with E-state index in [1.807, 2.05) is 18.2 Å². The van der Waals surface area contributed by atoms with Gasteiger partial charge in [0, 0.05) is 23.6 Å². The van der Waals surface area contributed by atoms with Gasteiger partial charge in [0.2, 0.25) is 5.91 Å². The number of halogens is 1. The lowest BCUT2D eigenvalue weighted by Gasteiger charge is -2.28. The Morgan fingerprint density at radius 3 is 2.94 bits per heavy atom. The number of nitrogens with zero attached hydrogens (tertiary/aromatic N) is 3. The van der Waals surface area contributed by atoms with Crippen molar-refractivity contribution in [3.8, 4) is 0 Å². The van der Waals surface area contributed by atoms with Gasteiger partial charge in [-0.2, -0.15) is 0 Å². The lowest BCUT2D eigenvalue weighted by molar-refractivity contribution is -0.119. The quantitative estimate of drug-likeness (QED) is 0.849. The zero-order chi connectivity index (χ0) is 12.5. The lowest BCUT2D eigenvalue weighted by atomic mass is 10.0. The first-order valence-electron chi connectivity index (χ1n) is 5.60. The first kappa shape index (κ1) is 11.6. The number of carbonyl (C=O) groups excluding carboxylic acids is 1. The molecule has 0 aliphatic carbocycles. The summed E-state index contributed by atoms with van der Waals surface area (Å²) in [6.45, 7) is 0.394. The van der Waals surface area contributed by atoms with Crippen LogP contribution in [0.4, 0.5) is 5.69 Å². The molecule has 0 saturated carbocycles. The Bertz CT molecular complexity index is 599. The van der Waals surface area contributed by atoms with Crippen molar-refractivity contribution in [1.29, 1.82) is 0 Å². The molecule has 1 aromatic heterocycles. The number of para-hydroxylation sites is 1. The van der Waals surface area contributed by atoms with Gasteiger partial charge in [-0.15, -0.1) is 5.10 Å².